The van der Waals surface area contributed by atoms with Crippen molar-refractivity contribution in [3.8, 4) is 0 Å². The molecule has 0 aliphatic carbocycles. The van der Waals surface area contributed by atoms with E-state index in [-0.39, 0.29) is 0 Å². The molecule has 0 aliphatic heterocycles. The van der Waals surface area contributed by atoms with Crippen LogP contribution in [0.25, 0.3) is 0 Å². The van der Waals surface area contributed by atoms with Crippen molar-refractivity contribution in [3.63, 3.8) is 0 Å². The van der Waals surface area contributed by atoms with Crippen molar-refractivity contribution in [2.45, 2.75) is 20.4 Å². The highest BCUT2D eigenvalue weighted by molar-refractivity contribution is 6.33. The molecule has 0 bridgehead atoms. The van der Waals surface area contributed by atoms with Gasteiger partial charge in [0.1, 0.15) is 0 Å². The lowest BCUT2D eigenvalue weighted by Gasteiger charge is -2.24. The van der Waals surface area contributed by atoms with E-state index in [1.807, 2.05) is 19.2 Å². The van der Waals surface area contributed by atoms with Gasteiger partial charge in [-0.15, -0.1) is 0 Å². The molecule has 1 N–H and O–H groups in total. The van der Waals surface area contributed by atoms with Gasteiger partial charge in [-0.2, -0.15) is 0 Å². The van der Waals surface area contributed by atoms with Crippen LogP contribution in [-0.2, 0) is 11.3 Å². The molecule has 0 unspecified atom stereocenters. The molecule has 1 aromatic rings. The van der Waals surface area contributed by atoms with Crippen LogP contribution in [0.2, 0.25) is 5.02 Å². The summed E-state index contributed by atoms with van der Waals surface area (Å²) >= 11 is 6.33. The Bertz CT molecular complexity index is 382. The lowest BCUT2D eigenvalue weighted by Crippen LogP contribution is -2.26. The van der Waals surface area contributed by atoms with Crippen molar-refractivity contribution in [2.24, 2.45) is 5.92 Å². The minimum absolute atomic E-state index is 0.647. The third kappa shape index (κ3) is 5.39. The summed E-state index contributed by atoms with van der Waals surface area (Å²) in [4.78, 5) is 2.15. The second-order valence-corrected chi connectivity index (χ2v) is 5.59. The molecule has 4 heteroatoms. The molecular weight excluding hydrogens is 260 g/mol. The Balaban J connectivity index is 2.76. The molecule has 0 fully saturated rings. The number of methoxy groups -OCH3 is 1. The van der Waals surface area contributed by atoms with E-state index in [9.17, 15) is 0 Å². The van der Waals surface area contributed by atoms with Crippen molar-refractivity contribution in [1.82, 2.24) is 5.32 Å². The van der Waals surface area contributed by atoms with E-state index < -0.39 is 0 Å². The zero-order valence-electron chi connectivity index (χ0n) is 12.4. The Labute approximate surface area is 121 Å². The van der Waals surface area contributed by atoms with Gasteiger partial charge < -0.3 is 15.0 Å². The number of hydrogen-bond donors (Lipinski definition) is 1. The fraction of sp³-hybridized carbons (Fsp3) is 0.600. The predicted molar refractivity (Wildman–Crippen MR) is 83.1 cm³/mol. The molecule has 0 aromatic heterocycles. The maximum atomic E-state index is 6.33. The van der Waals surface area contributed by atoms with E-state index in [2.05, 4.69) is 30.1 Å². The SMILES string of the molecule is COCCN(C)c1c(Cl)cccc1CNCC(C)C. The van der Waals surface area contributed by atoms with Gasteiger partial charge in [0.15, 0.2) is 0 Å². The normalized spacial score (nSPS) is 11.1. The molecule has 108 valence electrons. The van der Waals surface area contributed by atoms with Crippen LogP contribution >= 0.6 is 11.6 Å². The molecule has 0 spiro atoms. The molecule has 0 saturated carbocycles. The second-order valence-electron chi connectivity index (χ2n) is 5.19. The highest BCUT2D eigenvalue weighted by atomic mass is 35.5. The van der Waals surface area contributed by atoms with Crippen LogP contribution in [0.4, 0.5) is 5.69 Å². The van der Waals surface area contributed by atoms with Gasteiger partial charge in [-0.05, 0) is 24.1 Å². The van der Waals surface area contributed by atoms with Crippen LogP contribution in [0, 0.1) is 5.92 Å². The van der Waals surface area contributed by atoms with Gasteiger partial charge in [-0.1, -0.05) is 37.6 Å². The van der Waals surface area contributed by atoms with E-state index in [1.54, 1.807) is 7.11 Å². The Morgan fingerprint density at radius 2 is 2.11 bits per heavy atom. The number of rotatable bonds is 8. The lowest BCUT2D eigenvalue weighted by atomic mass is 10.1. The van der Waals surface area contributed by atoms with Crippen LogP contribution in [-0.4, -0.2) is 33.9 Å². The number of anilines is 1. The number of hydrogen-bond acceptors (Lipinski definition) is 3. The summed E-state index contributed by atoms with van der Waals surface area (Å²) in [5.41, 5.74) is 2.32. The van der Waals surface area contributed by atoms with Crippen molar-refractivity contribution < 1.29 is 4.74 Å². The largest absolute Gasteiger partial charge is 0.383 e. The third-order valence-electron chi connectivity index (χ3n) is 2.95. The molecule has 3 nitrogen and oxygen atoms in total. The molecule has 1 rings (SSSR count). The van der Waals surface area contributed by atoms with Crippen LogP contribution < -0.4 is 10.2 Å². The average molecular weight is 285 g/mol. The molecule has 0 saturated heterocycles. The summed E-state index contributed by atoms with van der Waals surface area (Å²) < 4.78 is 5.13. The van der Waals surface area contributed by atoms with E-state index >= 15 is 0 Å². The first-order valence-electron chi connectivity index (χ1n) is 6.74. The summed E-state index contributed by atoms with van der Waals surface area (Å²) in [5, 5.41) is 4.26. The summed E-state index contributed by atoms with van der Waals surface area (Å²) in [5.74, 6) is 0.647. The van der Waals surface area contributed by atoms with Gasteiger partial charge in [0.2, 0.25) is 0 Å². The zero-order chi connectivity index (χ0) is 14.3. The van der Waals surface area contributed by atoms with E-state index in [0.717, 1.165) is 30.3 Å². The number of para-hydroxylation sites is 1. The van der Waals surface area contributed by atoms with E-state index in [4.69, 9.17) is 16.3 Å². The number of halogens is 1. The molecule has 0 radical (unpaired) electrons. The number of benzene rings is 1. The number of nitrogens with one attached hydrogen (secondary N) is 1. The van der Waals surface area contributed by atoms with Crippen LogP contribution in [0.3, 0.4) is 0 Å². The van der Waals surface area contributed by atoms with Gasteiger partial charge in [-0.3, -0.25) is 0 Å². The summed E-state index contributed by atoms with van der Waals surface area (Å²) in [6.45, 7) is 7.78. The topological polar surface area (TPSA) is 24.5 Å². The average Bonchev–Trinajstić information content (AvgIpc) is 2.35. The minimum atomic E-state index is 0.647. The van der Waals surface area contributed by atoms with Crippen LogP contribution in [0.1, 0.15) is 19.4 Å². The van der Waals surface area contributed by atoms with Gasteiger partial charge in [-0.25, -0.2) is 0 Å². The highest BCUT2D eigenvalue weighted by Gasteiger charge is 2.11. The fourth-order valence-electron chi connectivity index (χ4n) is 1.97. The Morgan fingerprint density at radius 3 is 2.74 bits per heavy atom. The quantitative estimate of drug-likeness (QED) is 0.794. The van der Waals surface area contributed by atoms with Crippen molar-refractivity contribution >= 4 is 17.3 Å². The Kier molecular flexibility index (Phi) is 7.21. The molecule has 0 aliphatic rings. The standard InChI is InChI=1S/C15H25ClN2O/c1-12(2)10-17-11-13-6-5-7-14(16)15(13)18(3)8-9-19-4/h5-7,12,17H,8-11H2,1-4H3. The maximum Gasteiger partial charge on any atom is 0.0642 e. The summed E-state index contributed by atoms with van der Waals surface area (Å²) in [6.07, 6.45) is 0. The van der Waals surface area contributed by atoms with Crippen molar-refractivity contribution in [3.05, 3.63) is 28.8 Å². The summed E-state index contributed by atoms with van der Waals surface area (Å²) in [7, 11) is 3.76. The molecular formula is C15H25ClN2O. The van der Waals surface area contributed by atoms with Crippen molar-refractivity contribution in [2.75, 3.05) is 38.8 Å². The first kappa shape index (κ1) is 16.3. The number of likely N-dealkylation sites (N-methyl/N-ethyl adjacent to an activating group) is 1. The lowest BCUT2D eigenvalue weighted by molar-refractivity contribution is 0.206. The smallest absolute Gasteiger partial charge is 0.0642 e. The number of nitrogens with zero attached hydrogens (tertiary/aromatic N) is 1. The Hall–Kier alpha value is -0.770. The highest BCUT2D eigenvalue weighted by Crippen LogP contribution is 2.29. The molecule has 0 atom stereocenters. The van der Waals surface area contributed by atoms with E-state index in [1.165, 1.54) is 5.56 Å². The molecule has 19 heavy (non-hydrogen) atoms. The first-order chi connectivity index (χ1) is 9.06. The van der Waals surface area contributed by atoms with Gasteiger partial charge in [0.25, 0.3) is 0 Å². The summed E-state index contributed by atoms with van der Waals surface area (Å²) in [6, 6.07) is 6.06. The predicted octanol–water partition coefficient (Wildman–Crippen LogP) is 3.17. The minimum Gasteiger partial charge on any atom is -0.383 e. The van der Waals surface area contributed by atoms with Gasteiger partial charge in [0.05, 0.1) is 17.3 Å². The van der Waals surface area contributed by atoms with Gasteiger partial charge >= 0.3 is 0 Å². The fourth-order valence-corrected chi connectivity index (χ4v) is 2.30. The van der Waals surface area contributed by atoms with Gasteiger partial charge in [0, 0.05) is 27.2 Å². The zero-order valence-corrected chi connectivity index (χ0v) is 13.1. The first-order valence-corrected chi connectivity index (χ1v) is 7.12. The Morgan fingerprint density at radius 1 is 1.37 bits per heavy atom. The van der Waals surface area contributed by atoms with E-state index in [0.29, 0.717) is 12.5 Å². The third-order valence-corrected chi connectivity index (χ3v) is 3.26. The molecule has 1 aromatic carbocycles. The molecule has 0 heterocycles. The van der Waals surface area contributed by atoms with Crippen molar-refractivity contribution in [1.29, 1.82) is 0 Å². The monoisotopic (exact) mass is 284 g/mol. The van der Waals surface area contributed by atoms with Crippen LogP contribution in [0.15, 0.2) is 18.2 Å². The number of ether oxygens (including phenoxy) is 1. The molecule has 0 amide bonds. The second kappa shape index (κ2) is 8.41. The maximum absolute atomic E-state index is 6.33. The van der Waals surface area contributed by atoms with Crippen LogP contribution in [0.5, 0.6) is 0 Å².